The Morgan fingerprint density at radius 2 is 1.74 bits per heavy atom. The van der Waals surface area contributed by atoms with Crippen LogP contribution in [0.25, 0.3) is 0 Å². The van der Waals surface area contributed by atoms with E-state index in [1.165, 1.54) is 30.0 Å². The number of para-hydroxylation sites is 2. The van der Waals surface area contributed by atoms with E-state index < -0.39 is 22.2 Å². The maximum Gasteiger partial charge on any atom is 0.343 e. The summed E-state index contributed by atoms with van der Waals surface area (Å²) in [5, 5.41) is 15.8. The number of benzene rings is 4. The van der Waals surface area contributed by atoms with Crippen LogP contribution in [0.1, 0.15) is 57.1 Å². The third-order valence-corrected chi connectivity index (χ3v) is 10.9. The molecule has 5 atom stereocenters. The molecule has 0 radical (unpaired) electrons. The van der Waals surface area contributed by atoms with Crippen molar-refractivity contribution in [3.05, 3.63) is 127 Å². The third-order valence-electron chi connectivity index (χ3n) is 8.27. The lowest BCUT2D eigenvalue weighted by atomic mass is 9.77. The highest BCUT2D eigenvalue weighted by molar-refractivity contribution is 8.00. The van der Waals surface area contributed by atoms with E-state index in [4.69, 9.17) is 44.3 Å². The van der Waals surface area contributed by atoms with Crippen LogP contribution < -0.4 is 10.1 Å². The number of halogens is 3. The average molecular weight is 698 g/mol. The van der Waals surface area contributed by atoms with Gasteiger partial charge in [-0.1, -0.05) is 53.5 Å². The Labute approximate surface area is 284 Å². The van der Waals surface area contributed by atoms with Crippen molar-refractivity contribution >= 4 is 69.9 Å². The number of fused-ring (bicyclic) bond motifs is 3. The van der Waals surface area contributed by atoms with Gasteiger partial charge in [0.2, 0.25) is 0 Å². The van der Waals surface area contributed by atoms with Gasteiger partial charge in [-0.25, -0.2) is 9.59 Å². The van der Waals surface area contributed by atoms with Crippen molar-refractivity contribution in [1.82, 2.24) is 0 Å². The van der Waals surface area contributed by atoms with Crippen molar-refractivity contribution in [3.8, 4) is 5.75 Å². The Morgan fingerprint density at radius 3 is 2.50 bits per heavy atom. The van der Waals surface area contributed by atoms with E-state index in [1.54, 1.807) is 61.5 Å². The van der Waals surface area contributed by atoms with Crippen LogP contribution in [0.5, 0.6) is 5.75 Å². The SMILES string of the molecule is CCOC(=O)c1ccccc1OC(=O)c1ccc2c(c1)C1C(Cl)C(Sc3ccccc3[N+](=O)[O-])CC1C(c1ccc(Cl)cc1Cl)N2. The van der Waals surface area contributed by atoms with Crippen LogP contribution in [0.4, 0.5) is 11.4 Å². The van der Waals surface area contributed by atoms with Crippen LogP contribution in [0.2, 0.25) is 10.0 Å². The van der Waals surface area contributed by atoms with Crippen molar-refractivity contribution in [1.29, 1.82) is 0 Å². The highest BCUT2D eigenvalue weighted by Gasteiger charge is 2.51. The number of hydrogen-bond donors (Lipinski definition) is 1. The molecule has 236 valence electrons. The molecule has 6 rings (SSSR count). The lowest BCUT2D eigenvalue weighted by molar-refractivity contribution is -0.387. The zero-order valence-electron chi connectivity index (χ0n) is 24.3. The zero-order chi connectivity index (χ0) is 32.5. The number of rotatable bonds is 8. The number of nitrogens with zero attached hydrogens (tertiary/aromatic N) is 1. The number of carbonyl (C=O) groups excluding carboxylic acids is 2. The second-order valence-electron chi connectivity index (χ2n) is 10.9. The van der Waals surface area contributed by atoms with Crippen LogP contribution in [-0.4, -0.2) is 34.1 Å². The van der Waals surface area contributed by atoms with E-state index in [9.17, 15) is 19.7 Å². The van der Waals surface area contributed by atoms with Crippen molar-refractivity contribution in [2.75, 3.05) is 11.9 Å². The molecule has 0 spiro atoms. The van der Waals surface area contributed by atoms with E-state index in [1.807, 2.05) is 12.1 Å². The van der Waals surface area contributed by atoms with Gasteiger partial charge < -0.3 is 14.8 Å². The lowest BCUT2D eigenvalue weighted by Gasteiger charge is -2.39. The van der Waals surface area contributed by atoms with E-state index >= 15 is 0 Å². The predicted molar refractivity (Wildman–Crippen MR) is 180 cm³/mol. The fourth-order valence-electron chi connectivity index (χ4n) is 6.27. The molecule has 0 aromatic heterocycles. The average Bonchev–Trinajstić information content (AvgIpc) is 3.36. The monoisotopic (exact) mass is 696 g/mol. The number of nitro benzene ring substituents is 1. The third kappa shape index (κ3) is 6.29. The summed E-state index contributed by atoms with van der Waals surface area (Å²) in [4.78, 5) is 37.8. The zero-order valence-corrected chi connectivity index (χ0v) is 27.4. The Kier molecular flexibility index (Phi) is 9.47. The predicted octanol–water partition coefficient (Wildman–Crippen LogP) is 9.34. The summed E-state index contributed by atoms with van der Waals surface area (Å²) in [7, 11) is 0. The molecular formula is C34H27Cl3N2O6S. The minimum atomic E-state index is -0.645. The molecule has 0 amide bonds. The maximum atomic E-state index is 13.4. The normalized spacial score (nSPS) is 21.4. The fourth-order valence-corrected chi connectivity index (χ4v) is 8.74. The summed E-state index contributed by atoms with van der Waals surface area (Å²) >= 11 is 21.6. The van der Waals surface area contributed by atoms with Crippen LogP contribution in [-0.2, 0) is 4.74 Å². The molecule has 1 saturated carbocycles. The molecule has 2 aliphatic rings. The Hall–Kier alpha value is -3.76. The molecule has 1 aliphatic heterocycles. The number of nitro groups is 1. The number of esters is 2. The molecular weight excluding hydrogens is 671 g/mol. The second kappa shape index (κ2) is 13.5. The smallest absolute Gasteiger partial charge is 0.343 e. The summed E-state index contributed by atoms with van der Waals surface area (Å²) in [6.45, 7) is 1.88. The van der Waals surface area contributed by atoms with Crippen molar-refractivity contribution < 1.29 is 24.0 Å². The number of alkyl halides is 1. The standard InChI is InChI=1S/C34H27Cl3N2O6S/c1-2-44-34(41)21-7-3-5-9-27(21)45-33(40)18-11-14-25-22(15-18)30-23(32(38-25)20-13-12-19(35)16-24(20)36)17-29(31(30)37)46-28-10-6-4-8-26(28)39(42)43/h3-16,23,29-32,38H,2,17H2,1H3. The van der Waals surface area contributed by atoms with Crippen LogP contribution in [0.15, 0.2) is 89.8 Å². The minimum Gasteiger partial charge on any atom is -0.462 e. The highest BCUT2D eigenvalue weighted by Crippen LogP contribution is 2.58. The van der Waals surface area contributed by atoms with Gasteiger partial charge in [0.25, 0.3) is 5.69 Å². The van der Waals surface area contributed by atoms with Crippen molar-refractivity contribution in [2.45, 2.75) is 40.8 Å². The van der Waals surface area contributed by atoms with Gasteiger partial charge in [-0.3, -0.25) is 10.1 Å². The molecule has 1 heterocycles. The number of ether oxygens (including phenoxy) is 2. The van der Waals surface area contributed by atoms with E-state index in [0.717, 1.165) is 16.8 Å². The first-order valence-corrected chi connectivity index (χ1v) is 16.6. The molecule has 5 unspecified atom stereocenters. The summed E-state index contributed by atoms with van der Waals surface area (Å²) < 4.78 is 10.8. The molecule has 4 aromatic carbocycles. The molecule has 12 heteroatoms. The van der Waals surface area contributed by atoms with Gasteiger partial charge in [-0.15, -0.1) is 23.4 Å². The second-order valence-corrected chi connectivity index (χ2v) is 13.6. The molecule has 8 nitrogen and oxygen atoms in total. The molecule has 1 fully saturated rings. The van der Waals surface area contributed by atoms with Gasteiger partial charge in [-0.2, -0.15) is 0 Å². The minimum absolute atomic E-state index is 0.0233. The number of thioether (sulfide) groups is 1. The number of anilines is 1. The topological polar surface area (TPSA) is 108 Å². The lowest BCUT2D eigenvalue weighted by Crippen LogP contribution is -2.31. The summed E-state index contributed by atoms with van der Waals surface area (Å²) in [5.41, 5.74) is 2.90. The van der Waals surface area contributed by atoms with Gasteiger partial charge in [-0.05, 0) is 78.9 Å². The number of carbonyl (C=O) groups is 2. The Bertz CT molecular complexity index is 1840. The van der Waals surface area contributed by atoms with Gasteiger partial charge in [0, 0.05) is 33.0 Å². The maximum absolute atomic E-state index is 13.4. The molecule has 1 N–H and O–H groups in total. The Balaban J connectivity index is 1.36. The number of hydrogen-bond acceptors (Lipinski definition) is 8. The summed E-state index contributed by atoms with van der Waals surface area (Å²) in [5.74, 6) is -1.46. The first-order chi connectivity index (χ1) is 22.2. The van der Waals surface area contributed by atoms with Crippen molar-refractivity contribution in [3.63, 3.8) is 0 Å². The van der Waals surface area contributed by atoms with Crippen LogP contribution in [0, 0.1) is 16.0 Å². The van der Waals surface area contributed by atoms with Crippen molar-refractivity contribution in [2.24, 2.45) is 5.92 Å². The van der Waals surface area contributed by atoms with Gasteiger partial charge in [0.1, 0.15) is 11.3 Å². The highest BCUT2D eigenvalue weighted by atomic mass is 35.5. The first-order valence-electron chi connectivity index (χ1n) is 14.5. The van der Waals surface area contributed by atoms with Crippen LogP contribution in [0.3, 0.4) is 0 Å². The van der Waals surface area contributed by atoms with E-state index in [0.29, 0.717) is 21.4 Å². The molecule has 0 bridgehead atoms. The van der Waals surface area contributed by atoms with Gasteiger partial charge in [0.05, 0.1) is 33.4 Å². The van der Waals surface area contributed by atoms with E-state index in [-0.39, 0.29) is 52.3 Å². The first kappa shape index (κ1) is 32.2. The quantitative estimate of drug-likeness (QED) is 0.0638. The summed E-state index contributed by atoms with van der Waals surface area (Å²) in [6.07, 6.45) is 0.618. The van der Waals surface area contributed by atoms with Crippen LogP contribution >= 0.6 is 46.6 Å². The molecule has 1 aliphatic carbocycles. The molecule has 0 saturated heterocycles. The number of nitrogens with one attached hydrogen (secondary N) is 1. The molecule has 4 aromatic rings. The van der Waals surface area contributed by atoms with E-state index in [2.05, 4.69) is 5.32 Å². The fraction of sp³-hybridized carbons (Fsp3) is 0.235. The summed E-state index contributed by atoms with van der Waals surface area (Å²) in [6, 6.07) is 23.4. The van der Waals surface area contributed by atoms with Gasteiger partial charge in [0.15, 0.2) is 0 Å². The molecule has 46 heavy (non-hydrogen) atoms. The van der Waals surface area contributed by atoms with Gasteiger partial charge >= 0.3 is 11.9 Å². The Morgan fingerprint density at radius 1 is 0.978 bits per heavy atom. The largest absolute Gasteiger partial charge is 0.462 e.